The van der Waals surface area contributed by atoms with Crippen LogP contribution < -0.4 is 10.6 Å². The lowest BCUT2D eigenvalue weighted by Gasteiger charge is -2.32. The summed E-state index contributed by atoms with van der Waals surface area (Å²) in [5, 5.41) is 9.09. The minimum atomic E-state index is 0.298. The number of thiocarbonyl (C=S) groups is 1. The van der Waals surface area contributed by atoms with Crippen molar-refractivity contribution in [2.45, 2.75) is 12.8 Å². The number of rotatable bonds is 3. The van der Waals surface area contributed by atoms with Gasteiger partial charge in [0.25, 0.3) is 0 Å². The van der Waals surface area contributed by atoms with E-state index in [0.29, 0.717) is 23.2 Å². The van der Waals surface area contributed by atoms with Crippen molar-refractivity contribution in [3.05, 3.63) is 24.0 Å². The topological polar surface area (TPSA) is 62.4 Å². The summed E-state index contributed by atoms with van der Waals surface area (Å²) in [6, 6.07) is 3.86. The Kier molecular flexibility index (Phi) is 3.91. The predicted octanol–water partition coefficient (Wildman–Crippen LogP) is 0.924. The normalized spacial score (nSPS) is 17.1. The highest BCUT2D eigenvalue weighted by atomic mass is 32.1. The van der Waals surface area contributed by atoms with Gasteiger partial charge in [0.1, 0.15) is 4.99 Å². The first-order chi connectivity index (χ1) is 8.20. The predicted molar refractivity (Wildman–Crippen MR) is 72.1 cm³/mol. The van der Waals surface area contributed by atoms with Crippen molar-refractivity contribution in [2.24, 2.45) is 11.7 Å². The third kappa shape index (κ3) is 2.92. The molecule has 1 saturated heterocycles. The second kappa shape index (κ2) is 5.42. The van der Waals surface area contributed by atoms with Gasteiger partial charge in [0, 0.05) is 19.7 Å². The van der Waals surface area contributed by atoms with Gasteiger partial charge in [0.2, 0.25) is 0 Å². The highest BCUT2D eigenvalue weighted by Crippen LogP contribution is 2.22. The Labute approximate surface area is 106 Å². The molecule has 0 spiro atoms. The van der Waals surface area contributed by atoms with E-state index in [1.54, 1.807) is 0 Å². The van der Waals surface area contributed by atoms with E-state index in [4.69, 9.17) is 23.1 Å². The molecule has 0 amide bonds. The van der Waals surface area contributed by atoms with Gasteiger partial charge in [0.15, 0.2) is 0 Å². The molecule has 0 bridgehead atoms. The molecule has 1 aromatic rings. The first kappa shape index (κ1) is 12.3. The average Bonchev–Trinajstić information content (AvgIpc) is 2.39. The van der Waals surface area contributed by atoms with E-state index >= 15 is 0 Å². The minimum absolute atomic E-state index is 0.298. The van der Waals surface area contributed by atoms with E-state index in [2.05, 4.69) is 9.88 Å². The smallest absolute Gasteiger partial charge is 0.122 e. The Hall–Kier alpha value is -1.20. The van der Waals surface area contributed by atoms with Crippen LogP contribution in [0.5, 0.6) is 0 Å². The molecule has 1 aromatic heterocycles. The maximum atomic E-state index is 9.09. The Balaban J connectivity index is 2.01. The summed E-state index contributed by atoms with van der Waals surface area (Å²) in [4.78, 5) is 6.84. The maximum Gasteiger partial charge on any atom is 0.122 e. The van der Waals surface area contributed by atoms with Gasteiger partial charge in [0.05, 0.1) is 17.6 Å². The minimum Gasteiger partial charge on any atom is -0.396 e. The number of aliphatic hydroxyl groups is 1. The van der Waals surface area contributed by atoms with Gasteiger partial charge in [-0.3, -0.25) is 4.98 Å². The zero-order valence-electron chi connectivity index (χ0n) is 9.67. The number of hydrogen-bond acceptors (Lipinski definition) is 4. The van der Waals surface area contributed by atoms with Crippen LogP contribution in [-0.4, -0.2) is 34.8 Å². The number of nitrogens with two attached hydrogens (primary N) is 1. The van der Waals surface area contributed by atoms with E-state index in [9.17, 15) is 0 Å². The lowest BCUT2D eigenvalue weighted by atomic mass is 9.98. The number of pyridine rings is 1. The molecule has 0 atom stereocenters. The summed E-state index contributed by atoms with van der Waals surface area (Å²) in [5.74, 6) is 0.454. The summed E-state index contributed by atoms with van der Waals surface area (Å²) in [6.07, 6.45) is 3.88. The Morgan fingerprint density at radius 2 is 2.18 bits per heavy atom. The van der Waals surface area contributed by atoms with Crippen LogP contribution in [0.4, 0.5) is 5.69 Å². The third-order valence-electron chi connectivity index (χ3n) is 3.24. The van der Waals surface area contributed by atoms with Crippen molar-refractivity contribution < 1.29 is 5.11 Å². The van der Waals surface area contributed by atoms with Crippen molar-refractivity contribution in [2.75, 3.05) is 24.6 Å². The monoisotopic (exact) mass is 251 g/mol. The summed E-state index contributed by atoms with van der Waals surface area (Å²) < 4.78 is 0. The molecular formula is C12H17N3OS. The molecule has 17 heavy (non-hydrogen) atoms. The van der Waals surface area contributed by atoms with E-state index in [1.165, 1.54) is 0 Å². The molecule has 1 fully saturated rings. The first-order valence-electron chi connectivity index (χ1n) is 5.82. The molecule has 1 aliphatic heterocycles. The van der Waals surface area contributed by atoms with Gasteiger partial charge in [-0.1, -0.05) is 12.2 Å². The summed E-state index contributed by atoms with van der Waals surface area (Å²) >= 11 is 4.87. The largest absolute Gasteiger partial charge is 0.396 e. The van der Waals surface area contributed by atoms with Crippen LogP contribution in [0.1, 0.15) is 18.5 Å². The molecule has 0 unspecified atom stereocenters. The fraction of sp³-hybridized carbons (Fsp3) is 0.500. The number of hydrogen-bond donors (Lipinski definition) is 2. The fourth-order valence-electron chi connectivity index (χ4n) is 2.09. The second-order valence-electron chi connectivity index (χ2n) is 4.38. The van der Waals surface area contributed by atoms with Crippen LogP contribution in [0.3, 0.4) is 0 Å². The molecule has 0 radical (unpaired) electrons. The molecule has 4 nitrogen and oxygen atoms in total. The molecule has 3 N–H and O–H groups in total. The van der Waals surface area contributed by atoms with E-state index in [-0.39, 0.29) is 0 Å². The Bertz CT molecular complexity index is 385. The SMILES string of the molecule is NC(=S)c1ccc(N2CCC(CO)CC2)cn1. The third-order valence-corrected chi connectivity index (χ3v) is 3.45. The van der Waals surface area contributed by atoms with Crippen molar-refractivity contribution >= 4 is 22.9 Å². The number of nitrogens with zero attached hydrogens (tertiary/aromatic N) is 2. The van der Waals surface area contributed by atoms with Crippen LogP contribution in [0.25, 0.3) is 0 Å². The zero-order chi connectivity index (χ0) is 12.3. The standard InChI is InChI=1S/C12H17N3OS/c13-12(17)11-2-1-10(7-14-11)15-5-3-9(8-16)4-6-15/h1-2,7,9,16H,3-6,8H2,(H2,13,17). The Morgan fingerprint density at radius 3 is 2.65 bits per heavy atom. The summed E-state index contributed by atoms with van der Waals surface area (Å²) in [7, 11) is 0. The van der Waals surface area contributed by atoms with Crippen LogP contribution in [0, 0.1) is 5.92 Å². The van der Waals surface area contributed by atoms with Gasteiger partial charge in [-0.05, 0) is 30.9 Å². The molecular weight excluding hydrogens is 234 g/mol. The Morgan fingerprint density at radius 1 is 1.47 bits per heavy atom. The number of aromatic nitrogens is 1. The lowest BCUT2D eigenvalue weighted by Crippen LogP contribution is -2.34. The number of aliphatic hydroxyl groups excluding tert-OH is 1. The molecule has 5 heteroatoms. The highest BCUT2D eigenvalue weighted by Gasteiger charge is 2.18. The van der Waals surface area contributed by atoms with E-state index in [1.807, 2.05) is 18.3 Å². The fourth-order valence-corrected chi connectivity index (χ4v) is 2.21. The second-order valence-corrected chi connectivity index (χ2v) is 4.82. The van der Waals surface area contributed by atoms with Gasteiger partial charge < -0.3 is 15.7 Å². The van der Waals surface area contributed by atoms with Crippen molar-refractivity contribution in [1.82, 2.24) is 4.98 Å². The molecule has 2 heterocycles. The van der Waals surface area contributed by atoms with Crippen LogP contribution >= 0.6 is 12.2 Å². The van der Waals surface area contributed by atoms with Gasteiger partial charge >= 0.3 is 0 Å². The number of anilines is 1. The number of piperidine rings is 1. The molecule has 0 aliphatic carbocycles. The van der Waals surface area contributed by atoms with Gasteiger partial charge in [-0.2, -0.15) is 0 Å². The molecule has 92 valence electrons. The van der Waals surface area contributed by atoms with Crippen LogP contribution in [0.2, 0.25) is 0 Å². The van der Waals surface area contributed by atoms with Crippen LogP contribution in [-0.2, 0) is 0 Å². The highest BCUT2D eigenvalue weighted by molar-refractivity contribution is 7.80. The molecule has 0 aromatic carbocycles. The quantitative estimate of drug-likeness (QED) is 0.782. The van der Waals surface area contributed by atoms with Crippen molar-refractivity contribution in [3.8, 4) is 0 Å². The van der Waals surface area contributed by atoms with E-state index in [0.717, 1.165) is 31.6 Å². The molecule has 0 saturated carbocycles. The van der Waals surface area contributed by atoms with Crippen molar-refractivity contribution in [1.29, 1.82) is 0 Å². The summed E-state index contributed by atoms with van der Waals surface area (Å²) in [6.45, 7) is 2.24. The van der Waals surface area contributed by atoms with Gasteiger partial charge in [-0.15, -0.1) is 0 Å². The van der Waals surface area contributed by atoms with E-state index < -0.39 is 0 Å². The first-order valence-corrected chi connectivity index (χ1v) is 6.23. The maximum absolute atomic E-state index is 9.09. The lowest BCUT2D eigenvalue weighted by molar-refractivity contribution is 0.203. The van der Waals surface area contributed by atoms with Crippen LogP contribution in [0.15, 0.2) is 18.3 Å². The zero-order valence-corrected chi connectivity index (χ0v) is 10.5. The average molecular weight is 251 g/mol. The summed E-state index contributed by atoms with van der Waals surface area (Å²) in [5.41, 5.74) is 7.27. The van der Waals surface area contributed by atoms with Crippen molar-refractivity contribution in [3.63, 3.8) is 0 Å². The molecule has 2 rings (SSSR count). The van der Waals surface area contributed by atoms with Gasteiger partial charge in [-0.25, -0.2) is 0 Å². The molecule has 1 aliphatic rings.